The first kappa shape index (κ1) is 16.8. The number of hydrogen-bond donors (Lipinski definition) is 1. The van der Waals surface area contributed by atoms with Crippen molar-refractivity contribution in [1.29, 1.82) is 0 Å². The number of benzene rings is 1. The Balaban J connectivity index is 2.04. The van der Waals surface area contributed by atoms with Crippen molar-refractivity contribution in [2.24, 2.45) is 5.92 Å². The Morgan fingerprint density at radius 3 is 2.36 bits per heavy atom. The van der Waals surface area contributed by atoms with E-state index in [1.165, 1.54) is 12.1 Å². The fraction of sp³-hybridized carbons (Fsp3) is 0.562. The molecule has 22 heavy (non-hydrogen) atoms. The highest BCUT2D eigenvalue weighted by Gasteiger charge is 2.42. The molecule has 3 nitrogen and oxygen atoms in total. The molecule has 6 heteroatoms. The first-order valence-corrected chi connectivity index (χ1v) is 7.32. The van der Waals surface area contributed by atoms with Crippen LogP contribution in [0.3, 0.4) is 0 Å². The topological polar surface area (TPSA) is 40.5 Å². The third-order valence-electron chi connectivity index (χ3n) is 4.48. The van der Waals surface area contributed by atoms with Crippen molar-refractivity contribution in [3.63, 3.8) is 0 Å². The van der Waals surface area contributed by atoms with Crippen LogP contribution in [0.1, 0.15) is 42.6 Å². The summed E-state index contributed by atoms with van der Waals surface area (Å²) in [6, 6.07) is 6.43. The van der Waals surface area contributed by atoms with Gasteiger partial charge in [-0.2, -0.15) is 13.2 Å². The fourth-order valence-electron chi connectivity index (χ4n) is 3.26. The molecule has 1 saturated heterocycles. The molecular weight excluding hydrogens is 295 g/mol. The first-order valence-electron chi connectivity index (χ1n) is 7.32. The van der Waals surface area contributed by atoms with Crippen molar-refractivity contribution in [3.05, 3.63) is 35.4 Å². The molecule has 0 amide bonds. The maximum atomic E-state index is 12.6. The van der Waals surface area contributed by atoms with Gasteiger partial charge in [0, 0.05) is 25.0 Å². The summed E-state index contributed by atoms with van der Waals surface area (Å²) >= 11 is 0. The van der Waals surface area contributed by atoms with Gasteiger partial charge in [0.15, 0.2) is 0 Å². The fourth-order valence-corrected chi connectivity index (χ4v) is 3.26. The Labute approximate surface area is 127 Å². The summed E-state index contributed by atoms with van der Waals surface area (Å²) in [5, 5.41) is 8.87. The van der Waals surface area contributed by atoms with E-state index in [-0.39, 0.29) is 23.6 Å². The van der Waals surface area contributed by atoms with Gasteiger partial charge in [-0.25, -0.2) is 4.79 Å². The van der Waals surface area contributed by atoms with E-state index in [2.05, 4.69) is 4.90 Å². The van der Waals surface area contributed by atoms with Crippen LogP contribution in [0.25, 0.3) is 0 Å². The van der Waals surface area contributed by atoms with Crippen LogP contribution in [-0.4, -0.2) is 34.2 Å². The molecule has 1 unspecified atom stereocenters. The molecule has 0 aromatic heterocycles. The summed E-state index contributed by atoms with van der Waals surface area (Å²) in [6.07, 6.45) is -4.33. The number of alkyl halides is 3. The Morgan fingerprint density at radius 1 is 1.27 bits per heavy atom. The van der Waals surface area contributed by atoms with Crippen LogP contribution in [0, 0.1) is 5.92 Å². The molecule has 1 aromatic rings. The van der Waals surface area contributed by atoms with Crippen LogP contribution in [0.5, 0.6) is 0 Å². The van der Waals surface area contributed by atoms with Gasteiger partial charge in [0.25, 0.3) is 0 Å². The quantitative estimate of drug-likeness (QED) is 0.915. The highest BCUT2D eigenvalue weighted by atomic mass is 19.4. The summed E-state index contributed by atoms with van der Waals surface area (Å²) in [6.45, 7) is 4.32. The van der Waals surface area contributed by atoms with Crippen molar-refractivity contribution < 1.29 is 23.1 Å². The van der Waals surface area contributed by atoms with E-state index in [0.29, 0.717) is 13.0 Å². The smallest absolute Gasteiger partial charge is 0.389 e. The molecule has 0 radical (unpaired) electrons. The van der Waals surface area contributed by atoms with Gasteiger partial charge in [0.05, 0.1) is 5.56 Å². The number of carbonyl (C=O) groups is 1. The van der Waals surface area contributed by atoms with E-state index in [4.69, 9.17) is 5.11 Å². The van der Waals surface area contributed by atoms with E-state index in [1.54, 1.807) is 12.1 Å². The number of carboxylic acid groups (broad SMARTS) is 1. The Morgan fingerprint density at radius 2 is 1.86 bits per heavy atom. The average Bonchev–Trinajstić information content (AvgIpc) is 2.65. The van der Waals surface area contributed by atoms with Crippen molar-refractivity contribution in [3.8, 4) is 0 Å². The molecule has 1 aromatic carbocycles. The average molecular weight is 315 g/mol. The van der Waals surface area contributed by atoms with E-state index >= 15 is 0 Å². The molecule has 0 saturated carbocycles. The minimum Gasteiger partial charge on any atom is -0.478 e. The van der Waals surface area contributed by atoms with Gasteiger partial charge in [0.2, 0.25) is 0 Å². The third-order valence-corrected chi connectivity index (χ3v) is 4.48. The minimum atomic E-state index is -4.13. The summed E-state index contributed by atoms with van der Waals surface area (Å²) in [5.41, 5.74) is 1.12. The van der Waals surface area contributed by atoms with Crippen LogP contribution >= 0.6 is 0 Å². The molecule has 1 fully saturated rings. The van der Waals surface area contributed by atoms with Crippen LogP contribution < -0.4 is 0 Å². The molecule has 122 valence electrons. The van der Waals surface area contributed by atoms with E-state index in [1.807, 2.05) is 13.8 Å². The van der Waals surface area contributed by atoms with Crippen LogP contribution in [0.15, 0.2) is 24.3 Å². The number of likely N-dealkylation sites (tertiary alicyclic amines) is 1. The van der Waals surface area contributed by atoms with E-state index < -0.39 is 18.6 Å². The summed E-state index contributed by atoms with van der Waals surface area (Å²) < 4.78 is 37.8. The number of aromatic carboxylic acids is 1. The normalized spacial score (nSPS) is 26.3. The molecule has 1 N–H and O–H groups in total. The van der Waals surface area contributed by atoms with Crippen molar-refractivity contribution in [2.45, 2.75) is 51.5 Å². The van der Waals surface area contributed by atoms with Crippen LogP contribution in [-0.2, 0) is 6.54 Å². The molecule has 0 aliphatic carbocycles. The van der Waals surface area contributed by atoms with Crippen LogP contribution in [0.4, 0.5) is 13.2 Å². The van der Waals surface area contributed by atoms with Crippen LogP contribution in [0.2, 0.25) is 0 Å². The van der Waals surface area contributed by atoms with Gasteiger partial charge >= 0.3 is 12.1 Å². The highest BCUT2D eigenvalue weighted by Crippen LogP contribution is 2.38. The van der Waals surface area contributed by atoms with Gasteiger partial charge in [-0.1, -0.05) is 12.1 Å². The maximum Gasteiger partial charge on any atom is 0.389 e. The lowest BCUT2D eigenvalue weighted by molar-refractivity contribution is -0.145. The maximum absolute atomic E-state index is 12.6. The Hall–Kier alpha value is -1.56. The molecule has 2 rings (SSSR count). The summed E-state index contributed by atoms with van der Waals surface area (Å²) in [5.74, 6) is -1.37. The molecule has 3 atom stereocenters. The minimum absolute atomic E-state index is 0.0847. The zero-order valence-corrected chi connectivity index (χ0v) is 12.6. The second-order valence-electron chi connectivity index (χ2n) is 6.08. The molecule has 0 bridgehead atoms. The standard InChI is InChI=1S/C16H20F3NO2/c1-10-7-14(8-16(17,18)19)11(2)20(10)9-12-3-5-13(6-4-12)15(21)22/h3-6,10-11,14H,7-9H2,1-2H3,(H,21,22)/t10-,11+,14?/m0/s1. The largest absolute Gasteiger partial charge is 0.478 e. The molecule has 1 aliphatic rings. The van der Waals surface area contributed by atoms with Gasteiger partial charge in [-0.05, 0) is 43.9 Å². The predicted molar refractivity (Wildman–Crippen MR) is 76.6 cm³/mol. The second kappa shape index (κ2) is 6.28. The lowest BCUT2D eigenvalue weighted by atomic mass is 9.96. The monoisotopic (exact) mass is 315 g/mol. The number of rotatable bonds is 4. The lowest BCUT2D eigenvalue weighted by Crippen LogP contribution is -2.34. The second-order valence-corrected chi connectivity index (χ2v) is 6.08. The van der Waals surface area contributed by atoms with Crippen molar-refractivity contribution >= 4 is 5.97 Å². The first-order chi connectivity index (χ1) is 10.2. The Bertz CT molecular complexity index is 527. The van der Waals surface area contributed by atoms with E-state index in [9.17, 15) is 18.0 Å². The zero-order chi connectivity index (χ0) is 16.5. The Kier molecular flexibility index (Phi) is 4.80. The zero-order valence-electron chi connectivity index (χ0n) is 12.6. The number of halogens is 3. The third kappa shape index (κ3) is 4.00. The van der Waals surface area contributed by atoms with E-state index in [0.717, 1.165) is 5.56 Å². The molecular formula is C16H20F3NO2. The predicted octanol–water partition coefficient (Wildman–Crippen LogP) is 3.94. The number of hydrogen-bond acceptors (Lipinski definition) is 2. The van der Waals surface area contributed by atoms with Gasteiger partial charge in [-0.3, -0.25) is 4.90 Å². The van der Waals surface area contributed by atoms with Crippen molar-refractivity contribution in [1.82, 2.24) is 4.90 Å². The van der Waals surface area contributed by atoms with Crippen molar-refractivity contribution in [2.75, 3.05) is 0 Å². The van der Waals surface area contributed by atoms with Gasteiger partial charge in [0.1, 0.15) is 0 Å². The molecule has 1 aliphatic heterocycles. The van der Waals surface area contributed by atoms with Gasteiger partial charge < -0.3 is 5.11 Å². The molecule has 1 heterocycles. The lowest BCUT2D eigenvalue weighted by Gasteiger charge is -2.28. The van der Waals surface area contributed by atoms with Gasteiger partial charge in [-0.15, -0.1) is 0 Å². The highest BCUT2D eigenvalue weighted by molar-refractivity contribution is 5.87. The SMILES string of the molecule is C[C@@H]1C(CC(F)(F)F)C[C@H](C)N1Cc1ccc(C(=O)O)cc1. The number of carboxylic acids is 1. The summed E-state index contributed by atoms with van der Waals surface area (Å²) in [7, 11) is 0. The molecule has 0 spiro atoms. The number of nitrogens with zero attached hydrogens (tertiary/aromatic N) is 1. The summed E-state index contributed by atoms with van der Waals surface area (Å²) in [4.78, 5) is 12.9.